The summed E-state index contributed by atoms with van der Waals surface area (Å²) in [6.07, 6.45) is 3.37. The van der Waals surface area contributed by atoms with Crippen molar-refractivity contribution in [3.05, 3.63) is 24.2 Å². The maximum absolute atomic E-state index is 12.4. The van der Waals surface area contributed by atoms with Gasteiger partial charge in [-0.05, 0) is 25.0 Å². The van der Waals surface area contributed by atoms with E-state index in [0.717, 1.165) is 64.4 Å². The number of piperazine rings is 1. The molecule has 1 aromatic rings. The van der Waals surface area contributed by atoms with Gasteiger partial charge >= 0.3 is 6.03 Å². The number of nitrogens with zero attached hydrogens (tertiary/aromatic N) is 3. The Morgan fingerprint density at radius 1 is 1.12 bits per heavy atom. The Labute approximate surface area is 142 Å². The molecule has 3 heterocycles. The van der Waals surface area contributed by atoms with Crippen LogP contribution >= 0.6 is 0 Å². The van der Waals surface area contributed by atoms with Gasteiger partial charge in [0.1, 0.15) is 5.76 Å². The summed E-state index contributed by atoms with van der Waals surface area (Å²) in [5.74, 6) is 1.08. The summed E-state index contributed by atoms with van der Waals surface area (Å²) in [5.41, 5.74) is 0. The molecule has 0 saturated carbocycles. The van der Waals surface area contributed by atoms with Crippen molar-refractivity contribution < 1.29 is 14.0 Å². The van der Waals surface area contributed by atoms with E-state index in [2.05, 4.69) is 10.2 Å². The first kappa shape index (κ1) is 16.8. The molecule has 0 unspecified atom stereocenters. The lowest BCUT2D eigenvalue weighted by Gasteiger charge is -2.36. The van der Waals surface area contributed by atoms with Crippen LogP contribution in [0, 0.1) is 0 Å². The fourth-order valence-corrected chi connectivity index (χ4v) is 3.34. The number of nitrogens with one attached hydrogen (secondary N) is 1. The average Bonchev–Trinajstić information content (AvgIpc) is 3.09. The summed E-state index contributed by atoms with van der Waals surface area (Å²) in [6.45, 7) is 7.05. The van der Waals surface area contributed by atoms with Gasteiger partial charge in [0.2, 0.25) is 5.91 Å². The van der Waals surface area contributed by atoms with E-state index in [9.17, 15) is 9.59 Å². The molecule has 1 N–H and O–H groups in total. The minimum Gasteiger partial charge on any atom is -0.468 e. The average molecular weight is 334 g/mol. The van der Waals surface area contributed by atoms with Crippen LogP contribution in [0.2, 0.25) is 0 Å². The highest BCUT2D eigenvalue weighted by molar-refractivity contribution is 5.75. The molecule has 0 atom stereocenters. The zero-order valence-electron chi connectivity index (χ0n) is 14.2. The number of hydrogen-bond donors (Lipinski definition) is 1. The summed E-state index contributed by atoms with van der Waals surface area (Å²) in [5, 5.41) is 3.12. The van der Waals surface area contributed by atoms with Crippen LogP contribution in [-0.4, -0.2) is 71.9 Å². The Morgan fingerprint density at radius 2 is 1.83 bits per heavy atom. The van der Waals surface area contributed by atoms with E-state index in [0.29, 0.717) is 0 Å². The molecule has 2 aliphatic rings. The smallest absolute Gasteiger partial charge is 0.317 e. The lowest BCUT2D eigenvalue weighted by atomic mass is 10.1. The molecule has 0 aliphatic carbocycles. The minimum atomic E-state index is 0.0222. The van der Waals surface area contributed by atoms with Gasteiger partial charge in [0.25, 0.3) is 0 Å². The van der Waals surface area contributed by atoms with Gasteiger partial charge in [-0.1, -0.05) is 0 Å². The van der Waals surface area contributed by atoms with Gasteiger partial charge in [-0.15, -0.1) is 0 Å². The Kier molecular flexibility index (Phi) is 5.40. The molecule has 2 aliphatic heterocycles. The van der Waals surface area contributed by atoms with Crippen molar-refractivity contribution in [1.29, 1.82) is 0 Å². The quantitative estimate of drug-likeness (QED) is 0.899. The summed E-state index contributed by atoms with van der Waals surface area (Å²) >= 11 is 0. The summed E-state index contributed by atoms with van der Waals surface area (Å²) in [7, 11) is 0. The Balaban J connectivity index is 1.38. The van der Waals surface area contributed by atoms with E-state index < -0.39 is 0 Å². The molecule has 3 rings (SSSR count). The molecule has 7 heteroatoms. The van der Waals surface area contributed by atoms with Crippen LogP contribution < -0.4 is 5.32 Å². The fourth-order valence-electron chi connectivity index (χ4n) is 3.34. The Bertz CT molecular complexity index is 544. The molecule has 0 spiro atoms. The second kappa shape index (κ2) is 7.70. The number of rotatable bonds is 3. The first-order chi connectivity index (χ1) is 11.6. The molecule has 2 saturated heterocycles. The lowest BCUT2D eigenvalue weighted by Crippen LogP contribution is -2.54. The van der Waals surface area contributed by atoms with Crippen molar-refractivity contribution in [2.24, 2.45) is 0 Å². The van der Waals surface area contributed by atoms with Gasteiger partial charge in [0, 0.05) is 52.2 Å². The Hall–Kier alpha value is -2.02. The van der Waals surface area contributed by atoms with E-state index >= 15 is 0 Å². The molecular formula is C17H26N4O3. The predicted octanol–water partition coefficient (Wildman–Crippen LogP) is 1.12. The van der Waals surface area contributed by atoms with E-state index in [1.165, 1.54) is 0 Å². The van der Waals surface area contributed by atoms with Crippen LogP contribution in [0.4, 0.5) is 4.79 Å². The number of carbonyl (C=O) groups excluding carboxylic acids is 2. The van der Waals surface area contributed by atoms with Crippen LogP contribution in [-0.2, 0) is 11.3 Å². The molecule has 24 heavy (non-hydrogen) atoms. The predicted molar refractivity (Wildman–Crippen MR) is 89.4 cm³/mol. The van der Waals surface area contributed by atoms with E-state index in [1.54, 1.807) is 13.2 Å². The third-order valence-electron chi connectivity index (χ3n) is 4.89. The Morgan fingerprint density at radius 3 is 2.42 bits per heavy atom. The van der Waals surface area contributed by atoms with Crippen molar-refractivity contribution in [2.45, 2.75) is 32.4 Å². The van der Waals surface area contributed by atoms with Gasteiger partial charge in [-0.25, -0.2) is 4.79 Å². The zero-order valence-corrected chi connectivity index (χ0v) is 14.2. The molecule has 0 bridgehead atoms. The number of carbonyl (C=O) groups is 2. The molecule has 0 radical (unpaired) electrons. The van der Waals surface area contributed by atoms with Gasteiger partial charge in [-0.3, -0.25) is 9.69 Å². The van der Waals surface area contributed by atoms with Crippen molar-refractivity contribution in [3.8, 4) is 0 Å². The largest absolute Gasteiger partial charge is 0.468 e. The van der Waals surface area contributed by atoms with E-state index in [-0.39, 0.29) is 18.0 Å². The highest BCUT2D eigenvalue weighted by atomic mass is 16.3. The maximum Gasteiger partial charge on any atom is 0.317 e. The van der Waals surface area contributed by atoms with Crippen LogP contribution in [0.15, 0.2) is 22.8 Å². The molecule has 0 aromatic carbocycles. The summed E-state index contributed by atoms with van der Waals surface area (Å²) < 4.78 is 5.37. The fraction of sp³-hybridized carbons (Fsp3) is 0.647. The highest BCUT2D eigenvalue weighted by Gasteiger charge is 2.26. The van der Waals surface area contributed by atoms with Gasteiger partial charge in [0.15, 0.2) is 0 Å². The maximum atomic E-state index is 12.4. The third kappa shape index (κ3) is 4.29. The number of piperidine rings is 1. The zero-order chi connectivity index (χ0) is 16.9. The molecule has 1 aromatic heterocycles. The van der Waals surface area contributed by atoms with Crippen LogP contribution in [0.5, 0.6) is 0 Å². The van der Waals surface area contributed by atoms with Crippen LogP contribution in [0.3, 0.4) is 0 Å². The number of furan rings is 1. The number of hydrogen-bond acceptors (Lipinski definition) is 4. The second-order valence-corrected chi connectivity index (χ2v) is 6.57. The SMILES string of the molecule is CC(=O)N1CCC(NC(=O)N2CCN(Cc3ccco3)CC2)CC1. The minimum absolute atomic E-state index is 0.0222. The highest BCUT2D eigenvalue weighted by Crippen LogP contribution is 2.12. The normalized spacial score (nSPS) is 20.2. The molecule has 7 nitrogen and oxygen atoms in total. The van der Waals surface area contributed by atoms with Crippen molar-refractivity contribution >= 4 is 11.9 Å². The molecule has 2 fully saturated rings. The number of amides is 3. The lowest BCUT2D eigenvalue weighted by molar-refractivity contribution is -0.129. The monoisotopic (exact) mass is 334 g/mol. The van der Waals surface area contributed by atoms with Gasteiger partial charge < -0.3 is 19.5 Å². The molecule has 3 amide bonds. The third-order valence-corrected chi connectivity index (χ3v) is 4.89. The first-order valence-corrected chi connectivity index (χ1v) is 8.67. The van der Waals surface area contributed by atoms with E-state index in [4.69, 9.17) is 4.42 Å². The molecular weight excluding hydrogens is 308 g/mol. The van der Waals surface area contributed by atoms with Crippen molar-refractivity contribution in [3.63, 3.8) is 0 Å². The van der Waals surface area contributed by atoms with Crippen LogP contribution in [0.1, 0.15) is 25.5 Å². The first-order valence-electron chi connectivity index (χ1n) is 8.67. The van der Waals surface area contributed by atoms with Crippen molar-refractivity contribution in [2.75, 3.05) is 39.3 Å². The summed E-state index contributed by atoms with van der Waals surface area (Å²) in [6, 6.07) is 4.08. The van der Waals surface area contributed by atoms with Gasteiger partial charge in [0.05, 0.1) is 12.8 Å². The number of urea groups is 1. The van der Waals surface area contributed by atoms with E-state index in [1.807, 2.05) is 21.9 Å². The number of likely N-dealkylation sites (tertiary alicyclic amines) is 1. The molecule has 132 valence electrons. The second-order valence-electron chi connectivity index (χ2n) is 6.57. The van der Waals surface area contributed by atoms with Crippen molar-refractivity contribution in [1.82, 2.24) is 20.0 Å². The summed E-state index contributed by atoms with van der Waals surface area (Å²) in [4.78, 5) is 29.8. The standard InChI is InChI=1S/C17H26N4O3/c1-14(22)20-6-4-15(5-7-20)18-17(23)21-10-8-19(9-11-21)13-16-3-2-12-24-16/h2-3,12,15H,4-11,13H2,1H3,(H,18,23). The van der Waals surface area contributed by atoms with Crippen LogP contribution in [0.25, 0.3) is 0 Å². The van der Waals surface area contributed by atoms with Gasteiger partial charge in [-0.2, -0.15) is 0 Å². The topological polar surface area (TPSA) is 69.0 Å².